The van der Waals surface area contributed by atoms with E-state index < -0.39 is 10.0 Å². The SMILES string of the molecule is Cc1nnc(-c2coc(S(=O)(=O)N3CCN(c4ccc(F)cc4)CC3)c2)o1. The zero-order valence-electron chi connectivity index (χ0n) is 14.5. The standard InChI is InChI=1S/C17H17FN4O4S/c1-12-19-20-17(26-12)13-10-16(25-11-13)27(23,24)22-8-6-21(7-9-22)15-4-2-14(18)3-5-15/h2-5,10-11H,6-9H2,1H3. The number of sulfonamides is 1. The van der Waals surface area contributed by atoms with Crippen molar-refractivity contribution in [3.05, 3.63) is 48.3 Å². The number of hydrogen-bond donors (Lipinski definition) is 0. The van der Waals surface area contributed by atoms with Crippen LogP contribution in [-0.4, -0.2) is 49.1 Å². The molecule has 0 atom stereocenters. The summed E-state index contributed by atoms with van der Waals surface area (Å²) in [6.45, 7) is 3.25. The molecular formula is C17H17FN4O4S. The lowest BCUT2D eigenvalue weighted by Crippen LogP contribution is -2.48. The average Bonchev–Trinajstić information content (AvgIpc) is 3.32. The normalized spacial score (nSPS) is 16.0. The Labute approximate surface area is 155 Å². The highest BCUT2D eigenvalue weighted by molar-refractivity contribution is 7.89. The van der Waals surface area contributed by atoms with Gasteiger partial charge in [-0.15, -0.1) is 10.2 Å². The van der Waals surface area contributed by atoms with E-state index in [1.165, 1.54) is 28.8 Å². The fourth-order valence-electron chi connectivity index (χ4n) is 2.94. The first-order chi connectivity index (χ1) is 12.9. The van der Waals surface area contributed by atoms with Crippen LogP contribution in [0.15, 0.2) is 50.5 Å². The monoisotopic (exact) mass is 392 g/mol. The first-order valence-corrected chi connectivity index (χ1v) is 9.77. The van der Waals surface area contributed by atoms with Gasteiger partial charge in [0.2, 0.25) is 11.0 Å². The van der Waals surface area contributed by atoms with Crippen molar-refractivity contribution >= 4 is 15.7 Å². The third-order valence-electron chi connectivity index (χ3n) is 4.37. The summed E-state index contributed by atoms with van der Waals surface area (Å²) in [5.74, 6) is 0.288. The smallest absolute Gasteiger partial charge is 0.276 e. The number of nitrogens with zero attached hydrogens (tertiary/aromatic N) is 4. The maximum atomic E-state index is 13.1. The average molecular weight is 392 g/mol. The molecule has 10 heteroatoms. The second kappa shape index (κ2) is 6.78. The molecule has 0 saturated carbocycles. The van der Waals surface area contributed by atoms with Crippen LogP contribution in [0.3, 0.4) is 0 Å². The van der Waals surface area contributed by atoms with Gasteiger partial charge in [0.25, 0.3) is 15.9 Å². The number of anilines is 1. The lowest BCUT2D eigenvalue weighted by Gasteiger charge is -2.34. The third kappa shape index (κ3) is 3.45. The largest absolute Gasteiger partial charge is 0.451 e. The minimum Gasteiger partial charge on any atom is -0.451 e. The van der Waals surface area contributed by atoms with Crippen LogP contribution >= 0.6 is 0 Å². The van der Waals surface area contributed by atoms with Gasteiger partial charge in [-0.05, 0) is 24.3 Å². The first kappa shape index (κ1) is 17.7. The predicted octanol–water partition coefficient (Wildman–Crippen LogP) is 2.29. The quantitative estimate of drug-likeness (QED) is 0.672. The summed E-state index contributed by atoms with van der Waals surface area (Å²) in [7, 11) is -3.76. The molecule has 0 aliphatic carbocycles. The summed E-state index contributed by atoms with van der Waals surface area (Å²) in [6.07, 6.45) is 1.29. The Morgan fingerprint density at radius 3 is 2.41 bits per heavy atom. The van der Waals surface area contributed by atoms with E-state index in [1.807, 2.05) is 4.90 Å². The van der Waals surface area contributed by atoms with Gasteiger partial charge in [-0.3, -0.25) is 0 Å². The summed E-state index contributed by atoms with van der Waals surface area (Å²) in [4.78, 5) is 2.01. The van der Waals surface area contributed by atoms with Crippen LogP contribution in [0.5, 0.6) is 0 Å². The van der Waals surface area contributed by atoms with Crippen molar-refractivity contribution in [2.24, 2.45) is 0 Å². The number of aromatic nitrogens is 2. The molecule has 0 amide bonds. The summed E-state index contributed by atoms with van der Waals surface area (Å²) in [5, 5.41) is 7.41. The zero-order valence-corrected chi connectivity index (χ0v) is 15.3. The zero-order chi connectivity index (χ0) is 19.0. The maximum Gasteiger partial charge on any atom is 0.276 e. The molecule has 0 radical (unpaired) electrons. The van der Waals surface area contributed by atoms with E-state index in [4.69, 9.17) is 8.83 Å². The number of aryl methyl sites for hydroxylation is 1. The van der Waals surface area contributed by atoms with Gasteiger partial charge >= 0.3 is 0 Å². The molecule has 1 aliphatic rings. The number of rotatable bonds is 4. The minimum absolute atomic E-state index is 0.163. The molecule has 0 N–H and O–H groups in total. The van der Waals surface area contributed by atoms with E-state index in [0.717, 1.165) is 5.69 Å². The van der Waals surface area contributed by atoms with Gasteiger partial charge in [-0.1, -0.05) is 0 Å². The minimum atomic E-state index is -3.76. The van der Waals surface area contributed by atoms with Gasteiger partial charge in [0.05, 0.1) is 5.56 Å². The van der Waals surface area contributed by atoms with Gasteiger partial charge in [0.1, 0.15) is 12.1 Å². The van der Waals surface area contributed by atoms with Crippen LogP contribution in [-0.2, 0) is 10.0 Å². The number of benzene rings is 1. The Morgan fingerprint density at radius 1 is 1.07 bits per heavy atom. The number of piperazine rings is 1. The molecule has 142 valence electrons. The van der Waals surface area contributed by atoms with Crippen LogP contribution in [0.25, 0.3) is 11.5 Å². The molecule has 8 nitrogen and oxygen atoms in total. The highest BCUT2D eigenvalue weighted by Gasteiger charge is 2.31. The maximum absolute atomic E-state index is 13.1. The van der Waals surface area contributed by atoms with Crippen molar-refractivity contribution in [1.82, 2.24) is 14.5 Å². The molecule has 0 bridgehead atoms. The van der Waals surface area contributed by atoms with Crippen molar-refractivity contribution in [2.45, 2.75) is 12.0 Å². The second-order valence-corrected chi connectivity index (χ2v) is 8.02. The topological polar surface area (TPSA) is 92.7 Å². The lowest BCUT2D eigenvalue weighted by molar-refractivity contribution is 0.362. The Balaban J connectivity index is 1.47. The summed E-state index contributed by atoms with van der Waals surface area (Å²) in [6, 6.07) is 7.54. The summed E-state index contributed by atoms with van der Waals surface area (Å²) in [5.41, 5.74) is 1.28. The van der Waals surface area contributed by atoms with Crippen molar-refractivity contribution < 1.29 is 21.6 Å². The molecule has 2 aromatic heterocycles. The fourth-order valence-corrected chi connectivity index (χ4v) is 4.29. The number of halogens is 1. The molecule has 1 saturated heterocycles. The number of hydrogen-bond acceptors (Lipinski definition) is 7. The van der Waals surface area contributed by atoms with Crippen LogP contribution in [0.2, 0.25) is 0 Å². The second-order valence-electron chi connectivity index (χ2n) is 6.15. The lowest BCUT2D eigenvalue weighted by atomic mass is 10.2. The van der Waals surface area contributed by atoms with Gasteiger partial charge in [-0.2, -0.15) is 4.31 Å². The van der Waals surface area contributed by atoms with E-state index in [0.29, 0.717) is 37.6 Å². The molecule has 27 heavy (non-hydrogen) atoms. The van der Waals surface area contributed by atoms with Crippen LogP contribution in [0.1, 0.15) is 5.89 Å². The van der Waals surface area contributed by atoms with Crippen molar-refractivity contribution in [3.63, 3.8) is 0 Å². The molecule has 0 spiro atoms. The van der Waals surface area contributed by atoms with Crippen LogP contribution < -0.4 is 4.90 Å². The van der Waals surface area contributed by atoms with Crippen LogP contribution in [0.4, 0.5) is 10.1 Å². The van der Waals surface area contributed by atoms with Crippen molar-refractivity contribution in [3.8, 4) is 11.5 Å². The summed E-state index contributed by atoms with van der Waals surface area (Å²) < 4.78 is 50.6. The molecule has 0 unspecified atom stereocenters. The summed E-state index contributed by atoms with van der Waals surface area (Å²) >= 11 is 0. The van der Waals surface area contributed by atoms with Crippen molar-refractivity contribution in [1.29, 1.82) is 0 Å². The number of furan rings is 1. The molecule has 3 aromatic rings. The Bertz CT molecular complexity index is 1040. The molecule has 1 fully saturated rings. The Morgan fingerprint density at radius 2 is 1.78 bits per heavy atom. The van der Waals surface area contributed by atoms with Crippen molar-refractivity contribution in [2.75, 3.05) is 31.1 Å². The molecule has 1 aliphatic heterocycles. The van der Waals surface area contributed by atoms with E-state index in [9.17, 15) is 12.8 Å². The van der Waals surface area contributed by atoms with E-state index in [1.54, 1.807) is 19.1 Å². The van der Waals surface area contributed by atoms with Gasteiger partial charge in [0.15, 0.2) is 0 Å². The molecular weight excluding hydrogens is 375 g/mol. The Kier molecular flexibility index (Phi) is 4.44. The van der Waals surface area contributed by atoms with Gasteiger partial charge in [0, 0.05) is 44.9 Å². The fraction of sp³-hybridized carbons (Fsp3) is 0.294. The first-order valence-electron chi connectivity index (χ1n) is 8.33. The van der Waals surface area contributed by atoms with Gasteiger partial charge in [-0.25, -0.2) is 12.8 Å². The van der Waals surface area contributed by atoms with E-state index >= 15 is 0 Å². The molecule has 1 aromatic carbocycles. The molecule has 4 rings (SSSR count). The van der Waals surface area contributed by atoms with Crippen LogP contribution in [0, 0.1) is 12.7 Å². The van der Waals surface area contributed by atoms with E-state index in [2.05, 4.69) is 10.2 Å². The highest BCUT2D eigenvalue weighted by atomic mass is 32.2. The van der Waals surface area contributed by atoms with E-state index in [-0.39, 0.29) is 16.8 Å². The van der Waals surface area contributed by atoms with Gasteiger partial charge < -0.3 is 13.7 Å². The molecule has 3 heterocycles. The highest BCUT2D eigenvalue weighted by Crippen LogP contribution is 2.27. The third-order valence-corrected chi connectivity index (χ3v) is 6.14. The predicted molar refractivity (Wildman–Crippen MR) is 94.1 cm³/mol. The Hall–Kier alpha value is -2.72.